The second-order valence-corrected chi connectivity index (χ2v) is 3.92. The van der Waals surface area contributed by atoms with Crippen LogP contribution < -0.4 is 11.1 Å². The number of nitrogens with one attached hydrogen (secondary N) is 1. The number of aromatic amines is 1. The van der Waals surface area contributed by atoms with Crippen LogP contribution in [0.15, 0.2) is 20.1 Å². The molecular weight excluding hydrogens is 289 g/mol. The van der Waals surface area contributed by atoms with Crippen molar-refractivity contribution >= 4 is 27.5 Å². The molecule has 0 bridgehead atoms. The average molecular weight is 292 g/mol. The number of hydrogen-bond donors (Lipinski definition) is 2. The minimum absolute atomic E-state index is 0.0403. The topological polar surface area (TPSA) is 88.0 Å². The number of hydrogen-bond acceptors (Lipinski definition) is 4. The fraction of sp³-hybridized carbons (Fsp3) is 0. The van der Waals surface area contributed by atoms with Gasteiger partial charge in [-0.05, 0) is 22.0 Å². The van der Waals surface area contributed by atoms with Crippen LogP contribution in [-0.4, -0.2) is 19.9 Å². The highest BCUT2D eigenvalue weighted by Gasteiger charge is 2.16. The van der Waals surface area contributed by atoms with E-state index in [0.717, 1.165) is 0 Å². The van der Waals surface area contributed by atoms with Crippen LogP contribution in [0.3, 0.4) is 0 Å². The molecule has 2 rings (SSSR count). The molecule has 2 aliphatic rings. The molecule has 0 aromatic rings. The lowest BCUT2D eigenvalue weighted by Crippen LogP contribution is -2.32. The molecule has 0 aromatic carbocycles. The van der Waals surface area contributed by atoms with Crippen LogP contribution >= 0.6 is 27.5 Å². The molecule has 0 radical (unpaired) electrons. The lowest BCUT2D eigenvalue weighted by molar-refractivity contribution is 0.186. The molecule has 0 aliphatic carbocycles. The number of pyridine rings is 1. The molecule has 0 unspecified atom stereocenters. The van der Waals surface area contributed by atoms with Crippen LogP contribution in [0.2, 0.25) is 5.15 Å². The minimum atomic E-state index is -0.983. The van der Waals surface area contributed by atoms with E-state index in [9.17, 15) is 14.8 Å². The van der Waals surface area contributed by atoms with E-state index >= 15 is 0 Å². The Morgan fingerprint density at radius 3 is 2.87 bits per heavy atom. The Balaban J connectivity index is 3.00. The van der Waals surface area contributed by atoms with Gasteiger partial charge in [0.2, 0.25) is 0 Å². The van der Waals surface area contributed by atoms with Gasteiger partial charge in [-0.15, -0.1) is 0 Å². The van der Waals surface area contributed by atoms with Gasteiger partial charge in [0, 0.05) is 0 Å². The van der Waals surface area contributed by atoms with Gasteiger partial charge in [-0.25, -0.2) is 0 Å². The molecule has 0 spiro atoms. The van der Waals surface area contributed by atoms with Crippen molar-refractivity contribution < 1.29 is 5.21 Å². The summed E-state index contributed by atoms with van der Waals surface area (Å²) in [5.74, 6) is -0.104. The highest BCUT2D eigenvalue weighted by molar-refractivity contribution is 9.10. The van der Waals surface area contributed by atoms with Crippen LogP contribution in [0.1, 0.15) is 0 Å². The Labute approximate surface area is 95.6 Å². The third-order valence-electron chi connectivity index (χ3n) is 1.75. The highest BCUT2D eigenvalue weighted by Crippen LogP contribution is 2.27. The molecule has 15 heavy (non-hydrogen) atoms. The summed E-state index contributed by atoms with van der Waals surface area (Å²) in [5, 5.41) is 9.45. The molecule has 2 aliphatic heterocycles. The lowest BCUT2D eigenvalue weighted by atomic mass is 10.3. The van der Waals surface area contributed by atoms with E-state index in [1.807, 2.05) is 0 Å². The summed E-state index contributed by atoms with van der Waals surface area (Å²) in [6.07, 6.45) is 0. The Kier molecular flexibility index (Phi) is 2.28. The zero-order valence-corrected chi connectivity index (χ0v) is 9.33. The van der Waals surface area contributed by atoms with E-state index in [1.54, 1.807) is 0 Å². The monoisotopic (exact) mass is 291 g/mol. The van der Waals surface area contributed by atoms with Crippen molar-refractivity contribution in [3.05, 3.63) is 36.4 Å². The third kappa shape index (κ3) is 1.53. The van der Waals surface area contributed by atoms with Gasteiger partial charge in [-0.3, -0.25) is 9.59 Å². The zero-order valence-electron chi connectivity index (χ0n) is 6.99. The van der Waals surface area contributed by atoms with Crippen LogP contribution in [0, 0.1) is 0 Å². The second kappa shape index (κ2) is 3.35. The van der Waals surface area contributed by atoms with Gasteiger partial charge in [-0.1, -0.05) is 11.6 Å². The van der Waals surface area contributed by atoms with E-state index in [4.69, 9.17) is 11.6 Å². The third-order valence-corrected chi connectivity index (χ3v) is 2.94. The molecule has 8 heteroatoms. The van der Waals surface area contributed by atoms with Crippen molar-refractivity contribution in [3.63, 3.8) is 0 Å². The molecule has 0 atom stereocenters. The second-order valence-electron chi connectivity index (χ2n) is 2.70. The standard InChI is InChI=1S/C7H3BrClN3O3/c8-2-1-3-5(12(15)4(2)9)11-7(14)6(13)10-3/h1,15H,(H,10,13). The molecule has 0 fully saturated rings. The fourth-order valence-electron chi connectivity index (χ4n) is 1.08. The van der Waals surface area contributed by atoms with Crippen molar-refractivity contribution in [2.24, 2.45) is 0 Å². The summed E-state index contributed by atoms with van der Waals surface area (Å²) in [6.45, 7) is 0. The van der Waals surface area contributed by atoms with Crippen LogP contribution in [0.25, 0.3) is 11.5 Å². The van der Waals surface area contributed by atoms with Gasteiger partial charge in [0.1, 0.15) is 0 Å². The van der Waals surface area contributed by atoms with Crippen LogP contribution in [0.5, 0.6) is 0 Å². The molecule has 0 amide bonds. The van der Waals surface area contributed by atoms with Gasteiger partial charge in [0.25, 0.3) is 0 Å². The summed E-state index contributed by atoms with van der Waals surface area (Å²) in [5.41, 5.74) is -1.63. The minimum Gasteiger partial charge on any atom is -0.425 e. The molecule has 2 heterocycles. The SMILES string of the molecule is O=c1nc2n(O)c(Cl)c(Br)cc-2[nH]c1=O. The first kappa shape index (κ1) is 10.2. The molecular formula is C7H3BrClN3O3. The van der Waals surface area contributed by atoms with Gasteiger partial charge >= 0.3 is 11.1 Å². The van der Waals surface area contributed by atoms with Crippen molar-refractivity contribution in [1.82, 2.24) is 14.7 Å². The van der Waals surface area contributed by atoms with Gasteiger partial charge in [-0.2, -0.15) is 9.71 Å². The highest BCUT2D eigenvalue weighted by atomic mass is 79.9. The molecule has 0 aromatic heterocycles. The van der Waals surface area contributed by atoms with E-state index < -0.39 is 11.1 Å². The molecule has 0 saturated heterocycles. The van der Waals surface area contributed by atoms with E-state index in [0.29, 0.717) is 9.20 Å². The molecule has 2 N–H and O–H groups in total. The molecule has 6 nitrogen and oxygen atoms in total. The first-order chi connectivity index (χ1) is 7.00. The van der Waals surface area contributed by atoms with Gasteiger partial charge in [0.05, 0.1) is 10.2 Å². The van der Waals surface area contributed by atoms with Gasteiger partial charge < -0.3 is 10.2 Å². The maximum absolute atomic E-state index is 11.0. The van der Waals surface area contributed by atoms with E-state index in [-0.39, 0.29) is 16.7 Å². The number of fused-ring (bicyclic) bond motifs is 1. The van der Waals surface area contributed by atoms with Crippen LogP contribution in [-0.2, 0) is 0 Å². The lowest BCUT2D eigenvalue weighted by Gasteiger charge is -2.10. The number of aromatic nitrogens is 3. The summed E-state index contributed by atoms with van der Waals surface area (Å²) in [6, 6.07) is 1.44. The summed E-state index contributed by atoms with van der Waals surface area (Å²) in [7, 11) is 0. The zero-order chi connectivity index (χ0) is 11.2. The van der Waals surface area contributed by atoms with E-state index in [1.165, 1.54) is 6.07 Å². The Hall–Kier alpha value is -1.34. The number of rotatable bonds is 0. The van der Waals surface area contributed by atoms with Crippen molar-refractivity contribution in [2.75, 3.05) is 0 Å². The largest absolute Gasteiger partial charge is 0.425 e. The maximum Gasteiger partial charge on any atom is 0.337 e. The summed E-state index contributed by atoms with van der Waals surface area (Å²) in [4.78, 5) is 27.6. The quantitative estimate of drug-likeness (QED) is 0.425. The van der Waals surface area contributed by atoms with E-state index in [2.05, 4.69) is 25.9 Å². The maximum atomic E-state index is 11.0. The van der Waals surface area contributed by atoms with Crippen molar-refractivity contribution in [1.29, 1.82) is 0 Å². The van der Waals surface area contributed by atoms with Crippen LogP contribution in [0.4, 0.5) is 0 Å². The fourth-order valence-corrected chi connectivity index (χ4v) is 1.61. The van der Waals surface area contributed by atoms with Gasteiger partial charge in [0.15, 0.2) is 11.0 Å². The number of halogens is 2. The first-order valence-electron chi connectivity index (χ1n) is 3.71. The van der Waals surface area contributed by atoms with Crippen molar-refractivity contribution in [3.8, 4) is 11.5 Å². The summed E-state index contributed by atoms with van der Waals surface area (Å²) < 4.78 is 0.883. The Morgan fingerprint density at radius 2 is 2.20 bits per heavy atom. The summed E-state index contributed by atoms with van der Waals surface area (Å²) >= 11 is 8.75. The normalized spacial score (nSPS) is 10.8. The molecule has 0 saturated carbocycles. The Morgan fingerprint density at radius 1 is 1.53 bits per heavy atom. The number of H-pyrrole nitrogens is 1. The average Bonchev–Trinajstić information content (AvgIpc) is 2.19. The number of nitrogens with zero attached hydrogens (tertiary/aromatic N) is 2. The Bertz CT molecular complexity index is 620. The van der Waals surface area contributed by atoms with Crippen molar-refractivity contribution in [2.45, 2.75) is 0 Å². The molecule has 78 valence electrons. The predicted molar refractivity (Wildman–Crippen MR) is 55.6 cm³/mol. The first-order valence-corrected chi connectivity index (χ1v) is 4.88. The smallest absolute Gasteiger partial charge is 0.337 e. The predicted octanol–water partition coefficient (Wildman–Crippen LogP) is 0.690.